The van der Waals surface area contributed by atoms with E-state index in [0.29, 0.717) is 24.6 Å². The Kier molecular flexibility index (Phi) is 6.04. The first-order chi connectivity index (χ1) is 11.1. The van der Waals surface area contributed by atoms with Crippen LogP contribution in [0.2, 0.25) is 0 Å². The largest absolute Gasteiger partial charge is 0.352 e. The fraction of sp³-hybridized carbons (Fsp3) is 0.333. The van der Waals surface area contributed by atoms with Gasteiger partial charge in [-0.25, -0.2) is 4.98 Å². The number of aromatic nitrogens is 1. The minimum absolute atomic E-state index is 0.1000. The third-order valence-corrected chi connectivity index (χ3v) is 4.36. The first kappa shape index (κ1) is 16.9. The molecular weight excluding hydrogens is 314 g/mol. The second-order valence-electron chi connectivity index (χ2n) is 4.74. The minimum Gasteiger partial charge on any atom is -0.352 e. The van der Waals surface area contributed by atoms with Gasteiger partial charge in [0.15, 0.2) is 5.96 Å². The zero-order valence-electron chi connectivity index (χ0n) is 13.1. The zero-order chi connectivity index (χ0) is 16.7. The Morgan fingerprint density at radius 1 is 1.35 bits per heavy atom. The number of nitro benzene ring substituents is 1. The lowest BCUT2D eigenvalue weighted by Crippen LogP contribution is -2.36. The van der Waals surface area contributed by atoms with Gasteiger partial charge in [-0.2, -0.15) is 0 Å². The summed E-state index contributed by atoms with van der Waals surface area (Å²) < 4.78 is 0. The summed E-state index contributed by atoms with van der Waals surface area (Å²) in [6.45, 7) is 2.99. The summed E-state index contributed by atoms with van der Waals surface area (Å²) in [5.41, 5.74) is 0.714. The Labute approximate surface area is 138 Å². The molecule has 1 aromatic carbocycles. The molecule has 0 amide bonds. The number of nitro groups is 1. The average Bonchev–Trinajstić information content (AvgIpc) is 3.03. The molecule has 0 atom stereocenters. The van der Waals surface area contributed by atoms with E-state index in [4.69, 9.17) is 0 Å². The summed E-state index contributed by atoms with van der Waals surface area (Å²) in [5, 5.41) is 18.2. The van der Waals surface area contributed by atoms with Gasteiger partial charge in [0.25, 0.3) is 5.69 Å². The van der Waals surface area contributed by atoms with Gasteiger partial charge in [-0.3, -0.25) is 15.1 Å². The van der Waals surface area contributed by atoms with Crippen molar-refractivity contribution in [1.29, 1.82) is 0 Å². The summed E-state index contributed by atoms with van der Waals surface area (Å²) in [6, 6.07) is 6.66. The number of nitrogens with one attached hydrogen (secondary N) is 2. The second-order valence-corrected chi connectivity index (χ2v) is 5.94. The van der Waals surface area contributed by atoms with E-state index in [1.165, 1.54) is 10.9 Å². The van der Waals surface area contributed by atoms with Crippen molar-refractivity contribution < 1.29 is 4.92 Å². The number of thiazole rings is 1. The van der Waals surface area contributed by atoms with Crippen molar-refractivity contribution >= 4 is 23.0 Å². The first-order valence-electron chi connectivity index (χ1n) is 7.24. The molecule has 0 fully saturated rings. The van der Waals surface area contributed by atoms with Gasteiger partial charge in [0.2, 0.25) is 0 Å². The van der Waals surface area contributed by atoms with Crippen LogP contribution in [-0.2, 0) is 19.5 Å². The molecule has 8 heteroatoms. The van der Waals surface area contributed by atoms with E-state index >= 15 is 0 Å². The molecule has 0 aliphatic rings. The maximum atomic E-state index is 11.0. The topological polar surface area (TPSA) is 92.5 Å². The quantitative estimate of drug-likeness (QED) is 0.367. The third kappa shape index (κ3) is 4.75. The predicted octanol–water partition coefficient (Wildman–Crippen LogP) is 2.48. The van der Waals surface area contributed by atoms with Gasteiger partial charge in [0, 0.05) is 36.3 Å². The third-order valence-electron chi connectivity index (χ3n) is 3.22. The lowest BCUT2D eigenvalue weighted by atomic mass is 10.2. The van der Waals surface area contributed by atoms with Crippen LogP contribution in [0.25, 0.3) is 0 Å². The molecule has 0 saturated heterocycles. The number of aliphatic imine (C=N–C) groups is 1. The lowest BCUT2D eigenvalue weighted by molar-refractivity contribution is -0.385. The van der Waals surface area contributed by atoms with Crippen LogP contribution in [-0.4, -0.2) is 22.9 Å². The number of hydrogen-bond donors (Lipinski definition) is 2. The number of benzene rings is 1. The van der Waals surface area contributed by atoms with Crippen molar-refractivity contribution in [1.82, 2.24) is 15.6 Å². The average molecular weight is 333 g/mol. The van der Waals surface area contributed by atoms with E-state index in [1.807, 2.05) is 6.20 Å². The van der Waals surface area contributed by atoms with Gasteiger partial charge >= 0.3 is 0 Å². The zero-order valence-corrected chi connectivity index (χ0v) is 13.9. The van der Waals surface area contributed by atoms with E-state index in [1.54, 1.807) is 36.6 Å². The monoisotopic (exact) mass is 333 g/mol. The van der Waals surface area contributed by atoms with Crippen LogP contribution in [0.5, 0.6) is 0 Å². The molecule has 0 saturated carbocycles. The fourth-order valence-electron chi connectivity index (χ4n) is 1.99. The molecule has 0 bridgehead atoms. The van der Waals surface area contributed by atoms with Crippen molar-refractivity contribution in [3.63, 3.8) is 0 Å². The van der Waals surface area contributed by atoms with E-state index in [9.17, 15) is 10.1 Å². The molecule has 2 aromatic rings. The number of nitrogens with zero attached hydrogens (tertiary/aromatic N) is 3. The Hall–Kier alpha value is -2.48. The van der Waals surface area contributed by atoms with Crippen molar-refractivity contribution in [2.24, 2.45) is 4.99 Å². The highest BCUT2D eigenvalue weighted by Gasteiger charge is 2.12. The minimum atomic E-state index is -0.380. The van der Waals surface area contributed by atoms with Gasteiger partial charge in [-0.05, 0) is 6.42 Å². The molecule has 7 nitrogen and oxygen atoms in total. The molecule has 0 radical (unpaired) electrons. The van der Waals surface area contributed by atoms with Crippen LogP contribution in [0.1, 0.15) is 22.4 Å². The molecule has 1 heterocycles. The Bertz CT molecular complexity index is 699. The molecule has 122 valence electrons. The van der Waals surface area contributed by atoms with E-state index < -0.39 is 0 Å². The van der Waals surface area contributed by atoms with E-state index in [2.05, 4.69) is 27.5 Å². The number of aryl methyl sites for hydroxylation is 1. The molecule has 0 aliphatic heterocycles. The summed E-state index contributed by atoms with van der Waals surface area (Å²) in [5.74, 6) is 0.580. The smallest absolute Gasteiger partial charge is 0.274 e. The van der Waals surface area contributed by atoms with E-state index in [-0.39, 0.29) is 10.6 Å². The van der Waals surface area contributed by atoms with Crippen molar-refractivity contribution in [3.05, 3.63) is 56.0 Å². The SMILES string of the molecule is CCc1cnc(CNC(=NC)NCc2ccccc2[N+](=O)[O-])s1. The normalized spacial score (nSPS) is 11.3. The highest BCUT2D eigenvalue weighted by molar-refractivity contribution is 7.11. The van der Waals surface area contributed by atoms with Crippen LogP contribution in [0.15, 0.2) is 35.5 Å². The standard InChI is InChI=1S/C15H19N5O2S/c1-3-12-9-17-14(23-12)10-19-15(16-2)18-8-11-6-4-5-7-13(11)20(21)22/h4-7,9H,3,8,10H2,1-2H3,(H2,16,18,19). The molecule has 1 aromatic heterocycles. The molecule has 2 N–H and O–H groups in total. The van der Waals surface area contributed by atoms with Crippen molar-refractivity contribution in [2.75, 3.05) is 7.05 Å². The lowest BCUT2D eigenvalue weighted by Gasteiger charge is -2.11. The van der Waals surface area contributed by atoms with Gasteiger partial charge < -0.3 is 10.6 Å². The second kappa shape index (κ2) is 8.23. The number of guanidine groups is 1. The molecular formula is C15H19N5O2S. The first-order valence-corrected chi connectivity index (χ1v) is 8.06. The number of para-hydroxylation sites is 1. The molecule has 0 unspecified atom stereocenters. The highest BCUT2D eigenvalue weighted by Crippen LogP contribution is 2.17. The van der Waals surface area contributed by atoms with Gasteiger partial charge in [-0.1, -0.05) is 25.1 Å². The summed E-state index contributed by atoms with van der Waals surface area (Å²) in [7, 11) is 1.66. The maximum Gasteiger partial charge on any atom is 0.274 e. The van der Waals surface area contributed by atoms with Crippen LogP contribution in [0.3, 0.4) is 0 Å². The summed E-state index contributed by atoms with van der Waals surface area (Å²) >= 11 is 1.66. The Morgan fingerprint density at radius 2 is 2.09 bits per heavy atom. The van der Waals surface area contributed by atoms with Crippen LogP contribution in [0.4, 0.5) is 5.69 Å². The molecule has 0 aliphatic carbocycles. The van der Waals surface area contributed by atoms with E-state index in [0.717, 1.165) is 11.4 Å². The van der Waals surface area contributed by atoms with Crippen molar-refractivity contribution in [3.8, 4) is 0 Å². The van der Waals surface area contributed by atoms with Crippen LogP contribution in [0, 0.1) is 10.1 Å². The van der Waals surface area contributed by atoms with Gasteiger partial charge in [0.05, 0.1) is 11.5 Å². The Balaban J connectivity index is 1.92. The molecule has 0 spiro atoms. The molecule has 23 heavy (non-hydrogen) atoms. The number of hydrogen-bond acceptors (Lipinski definition) is 5. The summed E-state index contributed by atoms with van der Waals surface area (Å²) in [4.78, 5) is 20.3. The van der Waals surface area contributed by atoms with Crippen molar-refractivity contribution in [2.45, 2.75) is 26.4 Å². The predicted molar refractivity (Wildman–Crippen MR) is 91.6 cm³/mol. The summed E-state index contributed by atoms with van der Waals surface area (Å²) in [6.07, 6.45) is 2.85. The number of rotatable bonds is 6. The highest BCUT2D eigenvalue weighted by atomic mass is 32.1. The van der Waals surface area contributed by atoms with Gasteiger partial charge in [-0.15, -0.1) is 11.3 Å². The molecule has 2 rings (SSSR count). The fourth-order valence-corrected chi connectivity index (χ4v) is 2.79. The van der Waals surface area contributed by atoms with Gasteiger partial charge in [0.1, 0.15) is 5.01 Å². The maximum absolute atomic E-state index is 11.0. The van der Waals surface area contributed by atoms with Crippen LogP contribution >= 0.6 is 11.3 Å². The Morgan fingerprint density at radius 3 is 2.74 bits per heavy atom. The van der Waals surface area contributed by atoms with Crippen LogP contribution < -0.4 is 10.6 Å².